The molecule has 0 bridgehead atoms. The lowest BCUT2D eigenvalue weighted by molar-refractivity contribution is 1.11. The molecule has 0 amide bonds. The molecule has 0 aliphatic carbocycles. The molecule has 1 heterocycles. The quantitative estimate of drug-likeness (QED) is 0.768. The summed E-state index contributed by atoms with van der Waals surface area (Å²) in [5.41, 5.74) is 8.00. The summed E-state index contributed by atoms with van der Waals surface area (Å²) < 4.78 is 0. The SMILES string of the molecule is CCNc1cc(Nc2ccccc2CC)nc(N)n1. The minimum atomic E-state index is 0.259. The number of nitrogens with one attached hydrogen (secondary N) is 2. The van der Waals surface area contributed by atoms with Crippen LogP contribution in [0.3, 0.4) is 0 Å². The van der Waals surface area contributed by atoms with Crippen molar-refractivity contribution in [3.63, 3.8) is 0 Å². The molecule has 0 aliphatic heterocycles. The van der Waals surface area contributed by atoms with Gasteiger partial charge in [-0.25, -0.2) is 0 Å². The molecule has 0 spiro atoms. The normalized spacial score (nSPS) is 10.2. The van der Waals surface area contributed by atoms with Crippen LogP contribution in [0, 0.1) is 0 Å². The summed E-state index contributed by atoms with van der Waals surface area (Å²) >= 11 is 0. The third-order valence-corrected chi connectivity index (χ3v) is 2.76. The Labute approximate surface area is 113 Å². The number of anilines is 4. The van der Waals surface area contributed by atoms with E-state index in [1.54, 1.807) is 0 Å². The number of nitrogens with zero attached hydrogens (tertiary/aromatic N) is 2. The van der Waals surface area contributed by atoms with Crippen LogP contribution in [0.25, 0.3) is 0 Å². The van der Waals surface area contributed by atoms with E-state index in [0.29, 0.717) is 5.82 Å². The van der Waals surface area contributed by atoms with Gasteiger partial charge < -0.3 is 16.4 Å². The van der Waals surface area contributed by atoms with Gasteiger partial charge in [0.1, 0.15) is 11.6 Å². The van der Waals surface area contributed by atoms with Crippen molar-refractivity contribution < 1.29 is 0 Å². The lowest BCUT2D eigenvalue weighted by Gasteiger charge is -2.11. The third kappa shape index (κ3) is 3.34. The zero-order valence-corrected chi connectivity index (χ0v) is 11.3. The molecule has 4 N–H and O–H groups in total. The maximum Gasteiger partial charge on any atom is 0.223 e. The van der Waals surface area contributed by atoms with E-state index in [2.05, 4.69) is 33.6 Å². The van der Waals surface area contributed by atoms with Crippen molar-refractivity contribution in [1.29, 1.82) is 0 Å². The molecule has 100 valence electrons. The van der Waals surface area contributed by atoms with Crippen LogP contribution in [0.4, 0.5) is 23.3 Å². The molecule has 0 atom stereocenters. The molecule has 19 heavy (non-hydrogen) atoms. The average Bonchev–Trinajstić information content (AvgIpc) is 2.39. The molecule has 0 saturated carbocycles. The minimum absolute atomic E-state index is 0.259. The molecule has 0 unspecified atom stereocenters. The number of nitrogens with two attached hydrogens (primary N) is 1. The molecular weight excluding hydrogens is 238 g/mol. The second-order valence-corrected chi connectivity index (χ2v) is 4.16. The summed E-state index contributed by atoms with van der Waals surface area (Å²) in [6.45, 7) is 4.93. The number of nitrogen functional groups attached to an aromatic ring is 1. The first-order chi connectivity index (χ1) is 9.22. The molecule has 1 aromatic heterocycles. The van der Waals surface area contributed by atoms with Gasteiger partial charge in [0.25, 0.3) is 0 Å². The Morgan fingerprint density at radius 3 is 2.58 bits per heavy atom. The first kappa shape index (κ1) is 13.1. The zero-order chi connectivity index (χ0) is 13.7. The molecule has 0 fully saturated rings. The van der Waals surface area contributed by atoms with Crippen LogP contribution in [-0.2, 0) is 6.42 Å². The van der Waals surface area contributed by atoms with E-state index in [9.17, 15) is 0 Å². The summed E-state index contributed by atoms with van der Waals surface area (Å²) in [4.78, 5) is 8.33. The van der Waals surface area contributed by atoms with Gasteiger partial charge in [-0.1, -0.05) is 25.1 Å². The monoisotopic (exact) mass is 257 g/mol. The van der Waals surface area contributed by atoms with Crippen LogP contribution in [0.1, 0.15) is 19.4 Å². The Bertz CT molecular complexity index is 553. The van der Waals surface area contributed by atoms with E-state index in [-0.39, 0.29) is 5.95 Å². The van der Waals surface area contributed by atoms with Crippen LogP contribution in [0.2, 0.25) is 0 Å². The van der Waals surface area contributed by atoms with Gasteiger partial charge in [-0.2, -0.15) is 9.97 Å². The highest BCUT2D eigenvalue weighted by atomic mass is 15.1. The smallest absolute Gasteiger partial charge is 0.223 e. The van der Waals surface area contributed by atoms with E-state index in [1.807, 2.05) is 31.2 Å². The summed E-state index contributed by atoms with van der Waals surface area (Å²) in [7, 11) is 0. The number of benzene rings is 1. The predicted octanol–water partition coefficient (Wildman–Crippen LogP) is 2.80. The highest BCUT2D eigenvalue weighted by molar-refractivity contribution is 5.63. The zero-order valence-electron chi connectivity index (χ0n) is 11.3. The number of rotatable bonds is 5. The summed E-state index contributed by atoms with van der Waals surface area (Å²) in [6, 6.07) is 10.0. The van der Waals surface area contributed by atoms with Gasteiger partial charge in [0, 0.05) is 18.3 Å². The molecule has 0 radical (unpaired) electrons. The fourth-order valence-corrected chi connectivity index (χ4v) is 1.89. The second-order valence-electron chi connectivity index (χ2n) is 4.16. The van der Waals surface area contributed by atoms with Crippen molar-refractivity contribution in [2.45, 2.75) is 20.3 Å². The molecule has 0 saturated heterocycles. The Hall–Kier alpha value is -2.30. The number of aromatic nitrogens is 2. The Balaban J connectivity index is 2.27. The minimum Gasteiger partial charge on any atom is -0.370 e. The van der Waals surface area contributed by atoms with Crippen LogP contribution < -0.4 is 16.4 Å². The van der Waals surface area contributed by atoms with Crippen molar-refractivity contribution >= 4 is 23.3 Å². The van der Waals surface area contributed by atoms with Gasteiger partial charge in [-0.05, 0) is 25.0 Å². The van der Waals surface area contributed by atoms with Crippen molar-refractivity contribution in [3.8, 4) is 0 Å². The van der Waals surface area contributed by atoms with Gasteiger partial charge in [-0.15, -0.1) is 0 Å². The molecule has 2 aromatic rings. The van der Waals surface area contributed by atoms with Gasteiger partial charge in [0.15, 0.2) is 0 Å². The van der Waals surface area contributed by atoms with Crippen LogP contribution >= 0.6 is 0 Å². The third-order valence-electron chi connectivity index (χ3n) is 2.76. The first-order valence-corrected chi connectivity index (χ1v) is 6.46. The topological polar surface area (TPSA) is 75.9 Å². The van der Waals surface area contributed by atoms with Crippen LogP contribution in [0.15, 0.2) is 30.3 Å². The number of hydrogen-bond donors (Lipinski definition) is 3. The highest BCUT2D eigenvalue weighted by Gasteiger charge is 2.04. The maximum atomic E-state index is 5.71. The van der Waals surface area contributed by atoms with E-state index in [1.165, 1.54) is 5.56 Å². The van der Waals surface area contributed by atoms with E-state index < -0.39 is 0 Å². The van der Waals surface area contributed by atoms with Gasteiger partial charge in [0.2, 0.25) is 5.95 Å². The number of aryl methyl sites for hydroxylation is 1. The lowest BCUT2D eigenvalue weighted by atomic mass is 10.1. The first-order valence-electron chi connectivity index (χ1n) is 6.46. The Kier molecular flexibility index (Phi) is 4.18. The van der Waals surface area contributed by atoms with E-state index in [4.69, 9.17) is 5.73 Å². The van der Waals surface area contributed by atoms with Crippen molar-refractivity contribution in [1.82, 2.24) is 9.97 Å². The molecule has 1 aromatic carbocycles. The Morgan fingerprint density at radius 1 is 1.11 bits per heavy atom. The largest absolute Gasteiger partial charge is 0.370 e. The van der Waals surface area contributed by atoms with Crippen molar-refractivity contribution in [2.24, 2.45) is 0 Å². The summed E-state index contributed by atoms with van der Waals surface area (Å²) in [6.07, 6.45) is 0.962. The lowest BCUT2D eigenvalue weighted by Crippen LogP contribution is -2.06. The molecule has 0 aliphatic rings. The standard InChI is InChI=1S/C14H19N5/c1-3-10-7-5-6-8-11(10)17-13-9-12(16-4-2)18-14(15)19-13/h5-9H,3-4H2,1-2H3,(H4,15,16,17,18,19). The van der Waals surface area contributed by atoms with Gasteiger partial charge in [-0.3, -0.25) is 0 Å². The van der Waals surface area contributed by atoms with Gasteiger partial charge in [0.05, 0.1) is 0 Å². The Morgan fingerprint density at radius 2 is 1.84 bits per heavy atom. The van der Waals surface area contributed by atoms with E-state index in [0.717, 1.165) is 24.5 Å². The number of hydrogen-bond acceptors (Lipinski definition) is 5. The van der Waals surface area contributed by atoms with Crippen LogP contribution in [0.5, 0.6) is 0 Å². The second kappa shape index (κ2) is 6.04. The number of para-hydroxylation sites is 1. The summed E-state index contributed by atoms with van der Waals surface area (Å²) in [5, 5.41) is 6.42. The molecule has 2 rings (SSSR count). The fraction of sp³-hybridized carbons (Fsp3) is 0.286. The average molecular weight is 257 g/mol. The maximum absolute atomic E-state index is 5.71. The van der Waals surface area contributed by atoms with Crippen molar-refractivity contribution in [3.05, 3.63) is 35.9 Å². The summed E-state index contributed by atoms with van der Waals surface area (Å²) in [5.74, 6) is 1.69. The van der Waals surface area contributed by atoms with Crippen LogP contribution in [-0.4, -0.2) is 16.5 Å². The molecule has 5 nitrogen and oxygen atoms in total. The molecular formula is C14H19N5. The highest BCUT2D eigenvalue weighted by Crippen LogP contribution is 2.21. The predicted molar refractivity (Wildman–Crippen MR) is 79.7 cm³/mol. The fourth-order valence-electron chi connectivity index (χ4n) is 1.89. The molecule has 5 heteroatoms. The van der Waals surface area contributed by atoms with Gasteiger partial charge >= 0.3 is 0 Å². The van der Waals surface area contributed by atoms with E-state index >= 15 is 0 Å². The van der Waals surface area contributed by atoms with Crippen molar-refractivity contribution in [2.75, 3.05) is 22.9 Å².